The first-order valence-corrected chi connectivity index (χ1v) is 11.8. The summed E-state index contributed by atoms with van der Waals surface area (Å²) in [6.45, 7) is 11.9. The van der Waals surface area contributed by atoms with Crippen LogP contribution in [0.2, 0.25) is 0 Å². The number of allylic oxidation sites excluding steroid dienone is 2. The fourth-order valence-electron chi connectivity index (χ4n) is 5.08. The largest absolute Gasteiger partial charge is 0.392 e. The molecule has 6 atom stereocenters. The molecule has 2 fully saturated rings. The van der Waals surface area contributed by atoms with E-state index in [0.717, 1.165) is 32.4 Å². The maximum Gasteiger partial charge on any atom is 0.0755 e. The molecule has 2 aliphatic rings. The highest BCUT2D eigenvalue weighted by Gasteiger charge is 2.44. The predicted octanol–water partition coefficient (Wildman–Crippen LogP) is 4.80. The minimum Gasteiger partial charge on any atom is -0.392 e. The Morgan fingerprint density at radius 2 is 1.97 bits per heavy atom. The minimum absolute atomic E-state index is 0.128. The second-order valence-corrected chi connectivity index (χ2v) is 9.08. The monoisotopic (exact) mass is 401 g/mol. The lowest BCUT2D eigenvalue weighted by Crippen LogP contribution is -2.23. The zero-order chi connectivity index (χ0) is 21.2. The number of rotatable bonds is 11. The fourth-order valence-corrected chi connectivity index (χ4v) is 5.08. The Kier molecular flexibility index (Phi) is 10.5. The zero-order valence-corrected chi connectivity index (χ0v) is 19.1. The molecule has 0 aromatic rings. The lowest BCUT2D eigenvalue weighted by Gasteiger charge is -2.19. The smallest absolute Gasteiger partial charge is 0.0755 e. The van der Waals surface area contributed by atoms with Crippen LogP contribution in [0.4, 0.5) is 0 Å². The van der Waals surface area contributed by atoms with Crippen LogP contribution in [0.3, 0.4) is 0 Å². The van der Waals surface area contributed by atoms with Crippen LogP contribution in [0.5, 0.6) is 0 Å². The highest BCUT2D eigenvalue weighted by molar-refractivity contribution is 5.18. The van der Waals surface area contributed by atoms with Gasteiger partial charge >= 0.3 is 0 Å². The summed E-state index contributed by atoms with van der Waals surface area (Å²) in [6, 6.07) is 0. The zero-order valence-electron chi connectivity index (χ0n) is 19.1. The molecule has 3 heteroatoms. The van der Waals surface area contributed by atoms with Gasteiger partial charge in [-0.3, -0.25) is 0 Å². The SMILES string of the molecule is CC#CC[C@@H](C)[C@H](O)C=C[C@@H]1[C@H]2CC(=CCCCCN(CC)CC)C[C@H]2C[C@H]1O. The lowest BCUT2D eigenvalue weighted by molar-refractivity contribution is 0.137. The average molecular weight is 402 g/mol. The number of hydrogen-bond acceptors (Lipinski definition) is 3. The standard InChI is InChI=1S/C26H43NO2/c1-5-8-12-20(4)25(28)15-14-23-24-18-21(17-22(24)19-26(23)29)13-10-9-11-16-27(6-2)7-3/h13-15,20,22-26,28-29H,6-7,9-12,16-19H2,1-4H3/t20-,22+,23-,24+,25-,26-/m1/s1. The molecule has 0 aromatic heterocycles. The molecule has 0 bridgehead atoms. The van der Waals surface area contributed by atoms with Gasteiger partial charge in [-0.2, -0.15) is 0 Å². The van der Waals surface area contributed by atoms with Gasteiger partial charge in [0.25, 0.3) is 0 Å². The number of fused-ring (bicyclic) bond motifs is 1. The summed E-state index contributed by atoms with van der Waals surface area (Å²) in [5, 5.41) is 20.9. The van der Waals surface area contributed by atoms with E-state index >= 15 is 0 Å². The molecule has 0 unspecified atom stereocenters. The van der Waals surface area contributed by atoms with E-state index in [4.69, 9.17) is 0 Å². The van der Waals surface area contributed by atoms with Gasteiger partial charge in [0.2, 0.25) is 0 Å². The van der Waals surface area contributed by atoms with E-state index in [1.165, 1.54) is 25.8 Å². The second kappa shape index (κ2) is 12.6. The number of hydrogen-bond donors (Lipinski definition) is 2. The van der Waals surface area contributed by atoms with Crippen LogP contribution in [0, 0.1) is 35.5 Å². The number of aliphatic hydroxyl groups is 2. The number of unbranched alkanes of at least 4 members (excludes halogenated alkanes) is 2. The van der Waals surface area contributed by atoms with Gasteiger partial charge in [0.15, 0.2) is 0 Å². The maximum absolute atomic E-state index is 10.5. The molecule has 0 heterocycles. The predicted molar refractivity (Wildman–Crippen MR) is 122 cm³/mol. The highest BCUT2D eigenvalue weighted by Crippen LogP contribution is 2.50. The van der Waals surface area contributed by atoms with Crippen molar-refractivity contribution in [3.63, 3.8) is 0 Å². The molecule has 0 saturated heterocycles. The van der Waals surface area contributed by atoms with Crippen molar-refractivity contribution in [2.75, 3.05) is 19.6 Å². The first-order valence-electron chi connectivity index (χ1n) is 11.8. The van der Waals surface area contributed by atoms with E-state index in [1.807, 2.05) is 19.9 Å². The molecule has 0 amide bonds. The van der Waals surface area contributed by atoms with E-state index < -0.39 is 6.10 Å². The molecular formula is C26H43NO2. The van der Waals surface area contributed by atoms with Crippen molar-refractivity contribution in [2.24, 2.45) is 23.7 Å². The normalized spacial score (nSPS) is 30.0. The Bertz CT molecular complexity index is 596. The van der Waals surface area contributed by atoms with Crippen molar-refractivity contribution in [3.8, 4) is 11.8 Å². The molecular weight excluding hydrogens is 358 g/mol. The van der Waals surface area contributed by atoms with Gasteiger partial charge in [-0.25, -0.2) is 0 Å². The fraction of sp³-hybridized carbons (Fsp3) is 0.769. The molecule has 2 saturated carbocycles. The molecule has 2 N–H and O–H groups in total. The second-order valence-electron chi connectivity index (χ2n) is 9.08. The van der Waals surface area contributed by atoms with Gasteiger partial charge in [0, 0.05) is 12.3 Å². The molecule has 0 aliphatic heterocycles. The van der Waals surface area contributed by atoms with Crippen LogP contribution in [0.15, 0.2) is 23.8 Å². The Morgan fingerprint density at radius 1 is 1.21 bits per heavy atom. The van der Waals surface area contributed by atoms with Crippen LogP contribution in [-0.2, 0) is 0 Å². The highest BCUT2D eigenvalue weighted by atomic mass is 16.3. The van der Waals surface area contributed by atoms with Crippen LogP contribution in [0.25, 0.3) is 0 Å². The van der Waals surface area contributed by atoms with Crippen molar-refractivity contribution < 1.29 is 10.2 Å². The third-order valence-corrected chi connectivity index (χ3v) is 7.08. The van der Waals surface area contributed by atoms with Gasteiger partial charge in [-0.05, 0) is 82.8 Å². The first kappa shape index (κ1) is 24.2. The van der Waals surface area contributed by atoms with Gasteiger partial charge in [0.1, 0.15) is 0 Å². The summed E-state index contributed by atoms with van der Waals surface area (Å²) in [5.74, 6) is 7.41. The van der Waals surface area contributed by atoms with E-state index in [0.29, 0.717) is 18.3 Å². The van der Waals surface area contributed by atoms with Crippen molar-refractivity contribution in [1.29, 1.82) is 0 Å². The summed E-state index contributed by atoms with van der Waals surface area (Å²) in [4.78, 5) is 2.50. The molecule has 164 valence electrons. The van der Waals surface area contributed by atoms with Crippen LogP contribution in [0.1, 0.15) is 72.6 Å². The van der Waals surface area contributed by atoms with Crippen molar-refractivity contribution in [2.45, 2.75) is 84.8 Å². The minimum atomic E-state index is -0.482. The Balaban J connectivity index is 1.81. The topological polar surface area (TPSA) is 43.7 Å². The Hall–Kier alpha value is -1.08. The summed E-state index contributed by atoms with van der Waals surface area (Å²) in [6.07, 6.45) is 13.4. The Morgan fingerprint density at radius 3 is 2.66 bits per heavy atom. The lowest BCUT2D eigenvalue weighted by atomic mass is 9.89. The van der Waals surface area contributed by atoms with E-state index in [2.05, 4.69) is 42.7 Å². The molecule has 2 rings (SSSR count). The van der Waals surface area contributed by atoms with Gasteiger partial charge in [-0.15, -0.1) is 11.8 Å². The Labute approximate surface area is 179 Å². The molecule has 2 aliphatic carbocycles. The van der Waals surface area contributed by atoms with Gasteiger partial charge in [-0.1, -0.05) is 44.6 Å². The van der Waals surface area contributed by atoms with Gasteiger partial charge in [0.05, 0.1) is 12.2 Å². The van der Waals surface area contributed by atoms with Crippen LogP contribution in [-0.4, -0.2) is 47.0 Å². The average Bonchev–Trinajstić information content (AvgIpc) is 3.23. The summed E-state index contributed by atoms with van der Waals surface area (Å²) in [5.41, 5.74) is 1.60. The molecule has 0 aromatic carbocycles. The van der Waals surface area contributed by atoms with Gasteiger partial charge < -0.3 is 15.1 Å². The summed E-state index contributed by atoms with van der Waals surface area (Å²) >= 11 is 0. The van der Waals surface area contributed by atoms with Crippen LogP contribution < -0.4 is 0 Å². The molecule has 0 spiro atoms. The van der Waals surface area contributed by atoms with E-state index in [9.17, 15) is 10.2 Å². The van der Waals surface area contributed by atoms with Crippen LogP contribution >= 0.6 is 0 Å². The first-order chi connectivity index (χ1) is 14.0. The third kappa shape index (κ3) is 7.28. The summed E-state index contributed by atoms with van der Waals surface area (Å²) < 4.78 is 0. The number of nitrogens with zero attached hydrogens (tertiary/aromatic N) is 1. The van der Waals surface area contributed by atoms with E-state index in [1.54, 1.807) is 5.57 Å². The van der Waals surface area contributed by atoms with Crippen molar-refractivity contribution in [1.82, 2.24) is 4.90 Å². The third-order valence-electron chi connectivity index (χ3n) is 7.08. The van der Waals surface area contributed by atoms with E-state index in [-0.39, 0.29) is 17.9 Å². The molecule has 29 heavy (non-hydrogen) atoms. The van der Waals surface area contributed by atoms with Crippen molar-refractivity contribution in [3.05, 3.63) is 23.8 Å². The maximum atomic E-state index is 10.5. The summed E-state index contributed by atoms with van der Waals surface area (Å²) in [7, 11) is 0. The number of aliphatic hydroxyl groups excluding tert-OH is 2. The molecule has 3 nitrogen and oxygen atoms in total. The molecule has 0 radical (unpaired) electrons. The quantitative estimate of drug-likeness (QED) is 0.297. The van der Waals surface area contributed by atoms with Crippen molar-refractivity contribution >= 4 is 0 Å².